The minimum Gasteiger partial charge on any atom is -0.330 e. The molecule has 1 aromatic heterocycles. The van der Waals surface area contributed by atoms with Crippen LogP contribution in [0.4, 0.5) is 0 Å². The Morgan fingerprint density at radius 2 is 2.38 bits per heavy atom. The molecule has 1 aliphatic rings. The lowest BCUT2D eigenvalue weighted by Crippen LogP contribution is -2.27. The maximum atomic E-state index is 5.89. The van der Waals surface area contributed by atoms with Gasteiger partial charge in [-0.05, 0) is 60.9 Å². The van der Waals surface area contributed by atoms with Gasteiger partial charge in [-0.1, -0.05) is 6.92 Å². The highest BCUT2D eigenvalue weighted by molar-refractivity contribution is 9.10. The van der Waals surface area contributed by atoms with Gasteiger partial charge in [-0.25, -0.2) is 0 Å². The number of nitrogens with two attached hydrogens (primary N) is 1. The Hall–Kier alpha value is 0.1000. The van der Waals surface area contributed by atoms with E-state index in [-0.39, 0.29) is 0 Å². The molecule has 90 valence electrons. The zero-order valence-corrected chi connectivity index (χ0v) is 12.3. The quantitative estimate of drug-likeness (QED) is 0.929. The van der Waals surface area contributed by atoms with Gasteiger partial charge in [0.05, 0.1) is 0 Å². The van der Waals surface area contributed by atoms with Crippen LogP contribution in [0.1, 0.15) is 29.1 Å². The molecular weight excluding hydrogens is 284 g/mol. The van der Waals surface area contributed by atoms with Gasteiger partial charge < -0.3 is 5.73 Å². The lowest BCUT2D eigenvalue weighted by molar-refractivity contribution is 0.245. The molecule has 0 radical (unpaired) electrons. The first kappa shape index (κ1) is 12.6. The lowest BCUT2D eigenvalue weighted by Gasteiger charge is -2.25. The van der Waals surface area contributed by atoms with Gasteiger partial charge in [0.2, 0.25) is 0 Å². The van der Waals surface area contributed by atoms with E-state index in [0.29, 0.717) is 12.0 Å². The Morgan fingerprint density at radius 1 is 1.62 bits per heavy atom. The molecule has 2 N–H and O–H groups in total. The third-order valence-corrected chi connectivity index (χ3v) is 5.71. The van der Waals surface area contributed by atoms with Crippen molar-refractivity contribution in [3.05, 3.63) is 20.3 Å². The summed E-state index contributed by atoms with van der Waals surface area (Å²) in [5, 5.41) is 0. The maximum absolute atomic E-state index is 5.89. The molecule has 0 saturated carbocycles. The summed E-state index contributed by atoms with van der Waals surface area (Å²) in [5.41, 5.74) is 5.89. The van der Waals surface area contributed by atoms with E-state index in [0.717, 1.165) is 13.1 Å². The van der Waals surface area contributed by atoms with Gasteiger partial charge in [0.15, 0.2) is 0 Å². The number of rotatable bonds is 3. The van der Waals surface area contributed by atoms with Crippen LogP contribution in [0.2, 0.25) is 0 Å². The van der Waals surface area contributed by atoms with E-state index < -0.39 is 0 Å². The van der Waals surface area contributed by atoms with E-state index >= 15 is 0 Å². The van der Waals surface area contributed by atoms with Crippen molar-refractivity contribution in [1.82, 2.24) is 4.90 Å². The minimum atomic E-state index is 0.546. The molecule has 0 amide bonds. The molecule has 1 saturated heterocycles. The highest BCUT2D eigenvalue weighted by Gasteiger charge is 2.34. The minimum absolute atomic E-state index is 0.546. The van der Waals surface area contributed by atoms with Crippen LogP contribution in [-0.2, 0) is 0 Å². The van der Waals surface area contributed by atoms with Crippen LogP contribution in [0, 0.1) is 12.8 Å². The third-order valence-electron chi connectivity index (χ3n) is 3.50. The van der Waals surface area contributed by atoms with E-state index in [2.05, 4.69) is 40.7 Å². The van der Waals surface area contributed by atoms with Crippen molar-refractivity contribution in [3.8, 4) is 0 Å². The average Bonchev–Trinajstić information content (AvgIpc) is 2.82. The molecule has 2 nitrogen and oxygen atoms in total. The first-order valence-electron chi connectivity index (χ1n) is 5.87. The summed E-state index contributed by atoms with van der Waals surface area (Å²) in [5.74, 6) is 0.630. The number of hydrogen-bond acceptors (Lipinski definition) is 3. The molecule has 1 fully saturated rings. The van der Waals surface area contributed by atoms with Gasteiger partial charge in [-0.15, -0.1) is 11.3 Å². The fraction of sp³-hybridized carbons (Fsp3) is 0.667. The predicted octanol–water partition coefficient (Wildman–Crippen LogP) is 3.16. The average molecular weight is 303 g/mol. The molecule has 16 heavy (non-hydrogen) atoms. The molecule has 0 aromatic carbocycles. The number of aryl methyl sites for hydroxylation is 1. The SMILES string of the molecule is CCN1CCC(CN)C1c1cc(Br)c(C)s1. The third kappa shape index (κ3) is 2.21. The summed E-state index contributed by atoms with van der Waals surface area (Å²) >= 11 is 5.51. The van der Waals surface area contributed by atoms with Crippen molar-refractivity contribution >= 4 is 27.3 Å². The molecule has 2 unspecified atom stereocenters. The van der Waals surface area contributed by atoms with Gasteiger partial charge >= 0.3 is 0 Å². The topological polar surface area (TPSA) is 29.3 Å². The van der Waals surface area contributed by atoms with E-state index in [9.17, 15) is 0 Å². The highest BCUT2D eigenvalue weighted by atomic mass is 79.9. The fourth-order valence-corrected chi connectivity index (χ4v) is 4.36. The van der Waals surface area contributed by atoms with Crippen LogP contribution in [0.25, 0.3) is 0 Å². The highest BCUT2D eigenvalue weighted by Crippen LogP contribution is 2.41. The summed E-state index contributed by atoms with van der Waals surface area (Å²) in [6.07, 6.45) is 1.24. The van der Waals surface area contributed by atoms with Gasteiger partial charge in [0.1, 0.15) is 0 Å². The Kier molecular flexibility index (Phi) is 4.06. The standard InChI is InChI=1S/C12H19BrN2S/c1-3-15-5-4-9(7-14)12(15)11-6-10(13)8(2)16-11/h6,9,12H,3-5,7,14H2,1-2H3. The Bertz CT molecular complexity index is 332. The summed E-state index contributed by atoms with van der Waals surface area (Å²) < 4.78 is 1.24. The van der Waals surface area contributed by atoms with E-state index in [1.54, 1.807) is 0 Å². The molecule has 1 aromatic rings. The molecular formula is C12H19BrN2S. The van der Waals surface area contributed by atoms with Gasteiger partial charge in [0.25, 0.3) is 0 Å². The maximum Gasteiger partial charge on any atom is 0.0482 e. The first-order chi connectivity index (χ1) is 7.67. The van der Waals surface area contributed by atoms with E-state index in [4.69, 9.17) is 5.73 Å². The molecule has 2 rings (SSSR count). The first-order valence-corrected chi connectivity index (χ1v) is 7.48. The molecule has 2 atom stereocenters. The second-order valence-electron chi connectivity index (χ2n) is 4.41. The van der Waals surface area contributed by atoms with E-state index in [1.165, 1.54) is 27.2 Å². The fourth-order valence-electron chi connectivity index (χ4n) is 2.57. The van der Waals surface area contributed by atoms with Crippen molar-refractivity contribution in [2.24, 2.45) is 11.7 Å². The van der Waals surface area contributed by atoms with E-state index in [1.807, 2.05) is 11.3 Å². The van der Waals surface area contributed by atoms with Gasteiger partial charge in [0, 0.05) is 20.3 Å². The van der Waals surface area contributed by atoms with Crippen LogP contribution >= 0.6 is 27.3 Å². The van der Waals surface area contributed by atoms with Crippen LogP contribution in [0.5, 0.6) is 0 Å². The monoisotopic (exact) mass is 302 g/mol. The summed E-state index contributed by atoms with van der Waals surface area (Å²) in [4.78, 5) is 5.39. The van der Waals surface area contributed by atoms with Crippen molar-refractivity contribution in [1.29, 1.82) is 0 Å². The van der Waals surface area contributed by atoms with Crippen molar-refractivity contribution in [2.75, 3.05) is 19.6 Å². The number of likely N-dealkylation sites (tertiary alicyclic amines) is 1. The van der Waals surface area contributed by atoms with Crippen molar-refractivity contribution < 1.29 is 0 Å². The lowest BCUT2D eigenvalue weighted by atomic mass is 9.99. The summed E-state index contributed by atoms with van der Waals surface area (Å²) in [7, 11) is 0. The molecule has 1 aliphatic heterocycles. The zero-order chi connectivity index (χ0) is 11.7. The van der Waals surface area contributed by atoms with Gasteiger partial charge in [-0.3, -0.25) is 4.90 Å². The molecule has 2 heterocycles. The Morgan fingerprint density at radius 3 is 2.88 bits per heavy atom. The van der Waals surface area contributed by atoms with Crippen molar-refractivity contribution in [3.63, 3.8) is 0 Å². The Balaban J connectivity index is 2.28. The Labute approximate surface area is 110 Å². The van der Waals surface area contributed by atoms with Gasteiger partial charge in [-0.2, -0.15) is 0 Å². The molecule has 0 aliphatic carbocycles. The van der Waals surface area contributed by atoms with Crippen LogP contribution in [0.15, 0.2) is 10.5 Å². The normalized spacial score (nSPS) is 26.5. The second kappa shape index (κ2) is 5.17. The van der Waals surface area contributed by atoms with Crippen LogP contribution in [-0.4, -0.2) is 24.5 Å². The predicted molar refractivity (Wildman–Crippen MR) is 73.9 cm³/mol. The summed E-state index contributed by atoms with van der Waals surface area (Å²) in [6, 6.07) is 2.83. The summed E-state index contributed by atoms with van der Waals surface area (Å²) in [6.45, 7) is 7.52. The number of thiophene rings is 1. The smallest absolute Gasteiger partial charge is 0.0482 e. The number of hydrogen-bond donors (Lipinski definition) is 1. The molecule has 0 bridgehead atoms. The zero-order valence-electron chi connectivity index (χ0n) is 9.87. The van der Waals surface area contributed by atoms with Crippen LogP contribution < -0.4 is 5.73 Å². The second-order valence-corrected chi connectivity index (χ2v) is 6.55. The molecule has 0 spiro atoms. The van der Waals surface area contributed by atoms with Crippen LogP contribution in [0.3, 0.4) is 0 Å². The largest absolute Gasteiger partial charge is 0.330 e. The van der Waals surface area contributed by atoms with Crippen molar-refractivity contribution in [2.45, 2.75) is 26.3 Å². The number of halogens is 1. The molecule has 4 heteroatoms. The number of nitrogens with zero attached hydrogens (tertiary/aromatic N) is 1.